The smallest absolute Gasteiger partial charge is 0.110 e. The third-order valence-corrected chi connectivity index (χ3v) is 4.76. The van der Waals surface area contributed by atoms with Gasteiger partial charge in [0.25, 0.3) is 0 Å². The number of rotatable bonds is 3. The molecule has 0 bridgehead atoms. The lowest BCUT2D eigenvalue weighted by molar-refractivity contribution is 0.210. The summed E-state index contributed by atoms with van der Waals surface area (Å²) in [5, 5.41) is 4.81. The van der Waals surface area contributed by atoms with Crippen LogP contribution in [0.3, 0.4) is 0 Å². The van der Waals surface area contributed by atoms with Gasteiger partial charge in [-0.1, -0.05) is 6.92 Å². The van der Waals surface area contributed by atoms with E-state index in [2.05, 4.69) is 36.0 Å². The number of aryl methyl sites for hydroxylation is 1. The molecular formula is C13H23N3S. The largest absolute Gasteiger partial charge is 0.313 e. The molecule has 2 rings (SSSR count). The van der Waals surface area contributed by atoms with Crippen LogP contribution in [0, 0.1) is 0 Å². The molecule has 1 fully saturated rings. The van der Waals surface area contributed by atoms with Crippen LogP contribution in [-0.2, 0) is 6.42 Å². The summed E-state index contributed by atoms with van der Waals surface area (Å²) in [5.41, 5.74) is 0. The lowest BCUT2D eigenvalue weighted by Gasteiger charge is -2.27. The van der Waals surface area contributed by atoms with Gasteiger partial charge in [-0.25, -0.2) is 4.98 Å². The lowest BCUT2D eigenvalue weighted by atomic mass is 10.2. The molecule has 0 aromatic carbocycles. The molecule has 0 spiro atoms. The normalized spacial score (nSPS) is 24.5. The van der Waals surface area contributed by atoms with Crippen molar-refractivity contribution >= 4 is 11.3 Å². The van der Waals surface area contributed by atoms with Crippen molar-refractivity contribution in [3.8, 4) is 0 Å². The van der Waals surface area contributed by atoms with Gasteiger partial charge in [0.2, 0.25) is 0 Å². The van der Waals surface area contributed by atoms with Gasteiger partial charge >= 0.3 is 0 Å². The molecule has 4 heteroatoms. The number of aromatic nitrogens is 1. The van der Waals surface area contributed by atoms with Crippen molar-refractivity contribution in [2.75, 3.05) is 19.6 Å². The zero-order valence-electron chi connectivity index (χ0n) is 11.1. The summed E-state index contributed by atoms with van der Waals surface area (Å²) < 4.78 is 0. The van der Waals surface area contributed by atoms with Crippen LogP contribution in [0.1, 0.15) is 43.1 Å². The highest BCUT2D eigenvalue weighted by Gasteiger charge is 2.22. The standard InChI is InChI=1S/C13H23N3S/c1-4-12-8-15-13(17-12)11(3)16-7-5-6-14-10(2)9-16/h8,10-11,14H,4-7,9H2,1-3H3. The van der Waals surface area contributed by atoms with Gasteiger partial charge in [-0.05, 0) is 33.2 Å². The Balaban J connectivity index is 2.04. The third-order valence-electron chi connectivity index (χ3n) is 3.45. The maximum Gasteiger partial charge on any atom is 0.110 e. The highest BCUT2D eigenvalue weighted by atomic mass is 32.1. The minimum atomic E-state index is 0.461. The van der Waals surface area contributed by atoms with E-state index in [0.717, 1.165) is 19.5 Å². The zero-order chi connectivity index (χ0) is 12.3. The Morgan fingerprint density at radius 3 is 3.18 bits per heavy atom. The Hall–Kier alpha value is -0.450. The average molecular weight is 253 g/mol. The molecule has 2 atom stereocenters. The molecule has 0 radical (unpaired) electrons. The quantitative estimate of drug-likeness (QED) is 0.897. The number of nitrogens with one attached hydrogen (secondary N) is 1. The van der Waals surface area contributed by atoms with Crippen molar-refractivity contribution in [1.82, 2.24) is 15.2 Å². The Kier molecular flexibility index (Phi) is 4.54. The molecule has 1 saturated heterocycles. The minimum absolute atomic E-state index is 0.461. The minimum Gasteiger partial charge on any atom is -0.313 e. The van der Waals surface area contributed by atoms with Gasteiger partial charge < -0.3 is 5.32 Å². The number of hydrogen-bond acceptors (Lipinski definition) is 4. The van der Waals surface area contributed by atoms with Gasteiger partial charge in [0.05, 0.1) is 6.04 Å². The molecule has 1 aromatic heterocycles. The van der Waals surface area contributed by atoms with Crippen LogP contribution < -0.4 is 5.32 Å². The van der Waals surface area contributed by atoms with Crippen LogP contribution in [0.25, 0.3) is 0 Å². The molecule has 2 unspecified atom stereocenters. The molecule has 1 N–H and O–H groups in total. The molecule has 17 heavy (non-hydrogen) atoms. The monoisotopic (exact) mass is 253 g/mol. The Morgan fingerprint density at radius 1 is 1.65 bits per heavy atom. The van der Waals surface area contributed by atoms with E-state index in [1.165, 1.54) is 22.9 Å². The first-order chi connectivity index (χ1) is 8.20. The van der Waals surface area contributed by atoms with Crippen molar-refractivity contribution in [3.63, 3.8) is 0 Å². The van der Waals surface area contributed by atoms with E-state index < -0.39 is 0 Å². The number of hydrogen-bond donors (Lipinski definition) is 1. The predicted molar refractivity (Wildman–Crippen MR) is 73.6 cm³/mol. The first-order valence-corrected chi connectivity index (χ1v) is 7.44. The van der Waals surface area contributed by atoms with E-state index in [9.17, 15) is 0 Å². The summed E-state index contributed by atoms with van der Waals surface area (Å²) >= 11 is 1.87. The summed E-state index contributed by atoms with van der Waals surface area (Å²) in [5.74, 6) is 0. The second kappa shape index (κ2) is 5.94. The van der Waals surface area contributed by atoms with Gasteiger partial charge in [0.1, 0.15) is 5.01 Å². The maximum absolute atomic E-state index is 4.57. The molecule has 1 aromatic rings. The van der Waals surface area contributed by atoms with Crippen molar-refractivity contribution < 1.29 is 0 Å². The summed E-state index contributed by atoms with van der Waals surface area (Å²) in [6.07, 6.45) is 4.37. The van der Waals surface area contributed by atoms with E-state index in [-0.39, 0.29) is 0 Å². The molecule has 1 aliphatic rings. The molecule has 1 aliphatic heterocycles. The van der Waals surface area contributed by atoms with Crippen molar-refractivity contribution in [1.29, 1.82) is 0 Å². The highest BCUT2D eigenvalue weighted by Crippen LogP contribution is 2.26. The maximum atomic E-state index is 4.57. The summed E-state index contributed by atoms with van der Waals surface area (Å²) in [4.78, 5) is 8.53. The molecule has 0 aliphatic carbocycles. The Bertz CT molecular complexity index is 350. The average Bonchev–Trinajstić information content (AvgIpc) is 2.71. The van der Waals surface area contributed by atoms with Crippen LogP contribution in [-0.4, -0.2) is 35.6 Å². The van der Waals surface area contributed by atoms with E-state index in [0.29, 0.717) is 12.1 Å². The molecule has 2 heterocycles. The fraction of sp³-hybridized carbons (Fsp3) is 0.769. The first kappa shape index (κ1) is 13.0. The molecule has 0 saturated carbocycles. The lowest BCUT2D eigenvalue weighted by Crippen LogP contribution is -2.36. The van der Waals surface area contributed by atoms with Gasteiger partial charge in [-0.3, -0.25) is 4.90 Å². The van der Waals surface area contributed by atoms with Crippen LogP contribution in [0.5, 0.6) is 0 Å². The Labute approximate surface area is 108 Å². The first-order valence-electron chi connectivity index (χ1n) is 6.62. The van der Waals surface area contributed by atoms with Crippen molar-refractivity contribution in [3.05, 3.63) is 16.1 Å². The number of thiazole rings is 1. The zero-order valence-corrected chi connectivity index (χ0v) is 11.9. The summed E-state index contributed by atoms with van der Waals surface area (Å²) in [6, 6.07) is 1.05. The predicted octanol–water partition coefficient (Wildman–Crippen LogP) is 2.45. The highest BCUT2D eigenvalue weighted by molar-refractivity contribution is 7.11. The topological polar surface area (TPSA) is 28.2 Å². The van der Waals surface area contributed by atoms with Crippen LogP contribution in [0.15, 0.2) is 6.20 Å². The van der Waals surface area contributed by atoms with E-state index in [4.69, 9.17) is 0 Å². The second-order valence-electron chi connectivity index (χ2n) is 4.90. The van der Waals surface area contributed by atoms with Crippen molar-refractivity contribution in [2.45, 2.75) is 45.7 Å². The van der Waals surface area contributed by atoms with E-state index in [1.807, 2.05) is 17.5 Å². The SMILES string of the molecule is CCc1cnc(C(C)N2CCCNC(C)C2)s1. The van der Waals surface area contributed by atoms with Crippen molar-refractivity contribution in [2.24, 2.45) is 0 Å². The van der Waals surface area contributed by atoms with Crippen LogP contribution in [0.2, 0.25) is 0 Å². The van der Waals surface area contributed by atoms with Crippen LogP contribution >= 0.6 is 11.3 Å². The summed E-state index contributed by atoms with van der Waals surface area (Å²) in [7, 11) is 0. The Morgan fingerprint density at radius 2 is 2.47 bits per heavy atom. The second-order valence-corrected chi connectivity index (χ2v) is 6.04. The molecule has 0 amide bonds. The molecule has 96 valence electrons. The van der Waals surface area contributed by atoms with Gasteiger partial charge in [-0.2, -0.15) is 0 Å². The fourth-order valence-electron chi connectivity index (χ4n) is 2.33. The van der Waals surface area contributed by atoms with Gasteiger partial charge in [0, 0.05) is 30.2 Å². The summed E-state index contributed by atoms with van der Waals surface area (Å²) in [6.45, 7) is 10.2. The molecule has 3 nitrogen and oxygen atoms in total. The van der Waals surface area contributed by atoms with Gasteiger partial charge in [-0.15, -0.1) is 11.3 Å². The van der Waals surface area contributed by atoms with E-state index in [1.54, 1.807) is 0 Å². The van der Waals surface area contributed by atoms with E-state index >= 15 is 0 Å². The third kappa shape index (κ3) is 3.27. The fourth-order valence-corrected chi connectivity index (χ4v) is 3.27. The van der Waals surface area contributed by atoms with Crippen LogP contribution in [0.4, 0.5) is 0 Å². The van der Waals surface area contributed by atoms with Gasteiger partial charge in [0.15, 0.2) is 0 Å². The molecular weight excluding hydrogens is 230 g/mol. The number of nitrogens with zero attached hydrogens (tertiary/aromatic N) is 2.